The minimum Gasteiger partial charge on any atom is -0.480 e. The number of nitrogens with two attached hydrogens (primary N) is 1. The molecule has 142 valence electrons. The van der Waals surface area contributed by atoms with Gasteiger partial charge in [0.1, 0.15) is 6.04 Å². The van der Waals surface area contributed by atoms with Crippen molar-refractivity contribution in [2.24, 2.45) is 11.7 Å². The number of carboxylic acid groups (broad SMARTS) is 2. The number of carboxylic acids is 1. The topological polar surface area (TPSA) is 122 Å². The first-order valence-electron chi connectivity index (χ1n) is 8.80. The molecule has 2 fully saturated rings. The number of hydrogen-bond donors (Lipinski definition) is 3. The monoisotopic (exact) mass is 356 g/mol. The molecular formula is C16H29BN2O6. The summed E-state index contributed by atoms with van der Waals surface area (Å²) < 4.78 is 11.9. The Balaban J connectivity index is 1.94. The van der Waals surface area contributed by atoms with Crippen LogP contribution in [0.2, 0.25) is 6.32 Å². The number of hydrogen-bond acceptors (Lipinski definition) is 5. The first-order valence-corrected chi connectivity index (χ1v) is 8.80. The van der Waals surface area contributed by atoms with E-state index < -0.39 is 24.1 Å². The third-order valence-electron chi connectivity index (χ3n) is 5.78. The zero-order valence-electron chi connectivity index (χ0n) is 15.4. The second-order valence-corrected chi connectivity index (χ2v) is 7.98. The smallest absolute Gasteiger partial charge is 0.457 e. The standard InChI is InChI=1S/C16H29BN2O6/c1-15(2)16(3,4)25-17(24-15)7-5-6-10-8-11(9-18)19(14(22)23)12(10)13(20)21/h10-12H,5-9,18H2,1-4H3,(H,20,21)(H,22,23)/t10-,11?,12+/m1/s1. The molecule has 3 atom stereocenters. The summed E-state index contributed by atoms with van der Waals surface area (Å²) in [5.41, 5.74) is 4.86. The minimum atomic E-state index is -1.23. The molecule has 0 saturated carbocycles. The van der Waals surface area contributed by atoms with Gasteiger partial charge in [0.05, 0.1) is 11.2 Å². The normalized spacial score (nSPS) is 30.7. The lowest BCUT2D eigenvalue weighted by Gasteiger charge is -2.32. The average Bonchev–Trinajstić information content (AvgIpc) is 2.93. The first-order chi connectivity index (χ1) is 11.5. The van der Waals surface area contributed by atoms with Gasteiger partial charge in [-0.2, -0.15) is 0 Å². The Kier molecular flexibility index (Phi) is 5.70. The molecule has 1 amide bonds. The van der Waals surface area contributed by atoms with Crippen LogP contribution in [0.5, 0.6) is 0 Å². The van der Waals surface area contributed by atoms with Gasteiger partial charge < -0.3 is 25.3 Å². The highest BCUT2D eigenvalue weighted by atomic mass is 16.7. The molecule has 2 heterocycles. The van der Waals surface area contributed by atoms with E-state index in [1.807, 2.05) is 27.7 Å². The SMILES string of the molecule is CC1(C)OB(CCC[C@@H]2CC(CN)N(C(=O)O)[C@@H]2C(=O)O)OC1(C)C. The lowest BCUT2D eigenvalue weighted by atomic mass is 9.80. The van der Waals surface area contributed by atoms with E-state index in [9.17, 15) is 19.8 Å². The molecule has 0 spiro atoms. The number of nitrogens with zero attached hydrogens (tertiary/aromatic N) is 1. The molecule has 8 nitrogen and oxygen atoms in total. The Morgan fingerprint density at radius 1 is 1.20 bits per heavy atom. The van der Waals surface area contributed by atoms with Crippen LogP contribution in [0.15, 0.2) is 0 Å². The molecular weight excluding hydrogens is 327 g/mol. The third kappa shape index (κ3) is 3.93. The summed E-state index contributed by atoms with van der Waals surface area (Å²) in [5, 5.41) is 18.8. The van der Waals surface area contributed by atoms with Gasteiger partial charge in [-0.25, -0.2) is 9.59 Å². The third-order valence-corrected chi connectivity index (χ3v) is 5.78. The predicted molar refractivity (Wildman–Crippen MR) is 92.4 cm³/mol. The van der Waals surface area contributed by atoms with Crippen molar-refractivity contribution < 1.29 is 29.1 Å². The molecule has 2 rings (SSSR count). The van der Waals surface area contributed by atoms with Crippen LogP contribution in [-0.4, -0.2) is 64.1 Å². The van der Waals surface area contributed by atoms with E-state index in [2.05, 4.69) is 0 Å². The molecule has 2 saturated heterocycles. The largest absolute Gasteiger partial charge is 0.480 e. The van der Waals surface area contributed by atoms with Crippen molar-refractivity contribution in [3.8, 4) is 0 Å². The van der Waals surface area contributed by atoms with Gasteiger partial charge in [-0.05, 0) is 52.8 Å². The molecule has 9 heteroatoms. The van der Waals surface area contributed by atoms with Crippen molar-refractivity contribution in [1.82, 2.24) is 4.90 Å². The number of amides is 1. The summed E-state index contributed by atoms with van der Waals surface area (Å²) in [4.78, 5) is 24.0. The molecule has 0 bridgehead atoms. The van der Waals surface area contributed by atoms with E-state index >= 15 is 0 Å². The Labute approximate surface area is 148 Å². The maximum absolute atomic E-state index is 11.6. The predicted octanol–water partition coefficient (Wildman–Crippen LogP) is 1.64. The molecule has 0 radical (unpaired) electrons. The Morgan fingerprint density at radius 3 is 2.20 bits per heavy atom. The van der Waals surface area contributed by atoms with E-state index in [0.29, 0.717) is 25.6 Å². The van der Waals surface area contributed by atoms with Crippen molar-refractivity contribution in [1.29, 1.82) is 0 Å². The van der Waals surface area contributed by atoms with Crippen molar-refractivity contribution in [3.63, 3.8) is 0 Å². The summed E-state index contributed by atoms with van der Waals surface area (Å²) in [6.45, 7) is 8.08. The highest BCUT2D eigenvalue weighted by molar-refractivity contribution is 6.45. The van der Waals surface area contributed by atoms with Gasteiger partial charge in [-0.3, -0.25) is 4.90 Å². The number of likely N-dealkylation sites (tertiary alicyclic amines) is 1. The molecule has 1 unspecified atom stereocenters. The molecule has 0 aromatic rings. The highest BCUT2D eigenvalue weighted by Crippen LogP contribution is 2.39. The molecule has 2 aliphatic rings. The zero-order chi connectivity index (χ0) is 19.0. The van der Waals surface area contributed by atoms with Crippen LogP contribution in [0.4, 0.5) is 4.79 Å². The molecule has 4 N–H and O–H groups in total. The summed E-state index contributed by atoms with van der Waals surface area (Å²) in [5.74, 6) is -1.36. The van der Waals surface area contributed by atoms with Crippen LogP contribution in [0.1, 0.15) is 47.0 Å². The van der Waals surface area contributed by atoms with Gasteiger partial charge in [0.25, 0.3) is 0 Å². The Hall–Kier alpha value is -1.32. The summed E-state index contributed by atoms with van der Waals surface area (Å²) in [6.07, 6.45) is 1.20. The van der Waals surface area contributed by atoms with Gasteiger partial charge in [0.15, 0.2) is 0 Å². The number of carbonyl (C=O) groups is 2. The summed E-state index contributed by atoms with van der Waals surface area (Å²) >= 11 is 0. The summed E-state index contributed by atoms with van der Waals surface area (Å²) in [6, 6.07) is -1.48. The number of rotatable bonds is 6. The van der Waals surface area contributed by atoms with Gasteiger partial charge in [-0.15, -0.1) is 0 Å². The fourth-order valence-corrected chi connectivity index (χ4v) is 3.76. The lowest BCUT2D eigenvalue weighted by Crippen LogP contribution is -2.48. The lowest BCUT2D eigenvalue weighted by molar-refractivity contribution is -0.143. The Bertz CT molecular complexity index is 511. The highest BCUT2D eigenvalue weighted by Gasteiger charge is 2.51. The second kappa shape index (κ2) is 7.13. The van der Waals surface area contributed by atoms with E-state index in [1.54, 1.807) is 0 Å². The molecule has 0 aliphatic carbocycles. The molecule has 2 aliphatic heterocycles. The molecule has 0 aromatic heterocycles. The van der Waals surface area contributed by atoms with Crippen LogP contribution < -0.4 is 5.73 Å². The number of aliphatic carboxylic acids is 1. The van der Waals surface area contributed by atoms with Crippen LogP contribution in [0, 0.1) is 5.92 Å². The van der Waals surface area contributed by atoms with E-state index in [0.717, 1.165) is 4.90 Å². The van der Waals surface area contributed by atoms with Crippen molar-refractivity contribution in [3.05, 3.63) is 0 Å². The quantitative estimate of drug-likeness (QED) is 0.618. The second-order valence-electron chi connectivity index (χ2n) is 7.98. The van der Waals surface area contributed by atoms with Gasteiger partial charge in [-0.1, -0.05) is 6.42 Å². The van der Waals surface area contributed by atoms with E-state index in [4.69, 9.17) is 15.0 Å². The first kappa shape index (κ1) is 20.0. The fraction of sp³-hybridized carbons (Fsp3) is 0.875. The van der Waals surface area contributed by atoms with Crippen LogP contribution in [-0.2, 0) is 14.1 Å². The van der Waals surface area contributed by atoms with Crippen LogP contribution >= 0.6 is 0 Å². The maximum Gasteiger partial charge on any atom is 0.457 e. The van der Waals surface area contributed by atoms with Crippen LogP contribution in [0.25, 0.3) is 0 Å². The van der Waals surface area contributed by atoms with Crippen molar-refractivity contribution in [2.45, 2.75) is 76.6 Å². The zero-order valence-corrected chi connectivity index (χ0v) is 15.4. The van der Waals surface area contributed by atoms with Crippen molar-refractivity contribution >= 4 is 19.2 Å². The molecule has 25 heavy (non-hydrogen) atoms. The maximum atomic E-state index is 11.6. The minimum absolute atomic E-state index is 0.129. The van der Waals surface area contributed by atoms with E-state index in [-0.39, 0.29) is 30.8 Å². The van der Waals surface area contributed by atoms with Gasteiger partial charge >= 0.3 is 19.2 Å². The average molecular weight is 356 g/mol. The van der Waals surface area contributed by atoms with Gasteiger partial charge in [0, 0.05) is 12.6 Å². The van der Waals surface area contributed by atoms with E-state index in [1.165, 1.54) is 0 Å². The van der Waals surface area contributed by atoms with Gasteiger partial charge in [0.2, 0.25) is 0 Å². The Morgan fingerprint density at radius 2 is 1.76 bits per heavy atom. The summed E-state index contributed by atoms with van der Waals surface area (Å²) in [7, 11) is -0.324. The van der Waals surface area contributed by atoms with Crippen molar-refractivity contribution in [2.75, 3.05) is 6.54 Å². The molecule has 0 aromatic carbocycles. The van der Waals surface area contributed by atoms with Crippen LogP contribution in [0.3, 0.4) is 0 Å². The fourth-order valence-electron chi connectivity index (χ4n) is 3.76.